The molecule has 1 N–H and O–H groups in total. The molecule has 0 atom stereocenters. The van der Waals surface area contributed by atoms with Gasteiger partial charge in [-0.15, -0.1) is 0 Å². The molecule has 0 spiro atoms. The van der Waals surface area contributed by atoms with Crippen molar-refractivity contribution in [3.63, 3.8) is 0 Å². The SMILES string of the molecule is C=CCOc1c(/C=C2\C(=O)NN(c3ccccc3)C2=O)cc(Br)cc1OC. The number of nitrogens with zero attached hydrogens (tertiary/aromatic N) is 1. The van der Waals surface area contributed by atoms with Gasteiger partial charge < -0.3 is 9.47 Å². The van der Waals surface area contributed by atoms with Crippen LogP contribution >= 0.6 is 15.9 Å². The second kappa shape index (κ2) is 8.09. The second-order valence-corrected chi connectivity index (χ2v) is 6.52. The van der Waals surface area contributed by atoms with E-state index in [9.17, 15) is 9.59 Å². The van der Waals surface area contributed by atoms with Crippen LogP contribution in [-0.4, -0.2) is 25.5 Å². The molecular weight excluding hydrogens is 412 g/mol. The number of amides is 2. The number of anilines is 1. The van der Waals surface area contributed by atoms with Crippen molar-refractivity contribution < 1.29 is 19.1 Å². The summed E-state index contributed by atoms with van der Waals surface area (Å²) < 4.78 is 11.8. The molecular formula is C20H17BrN2O4. The lowest BCUT2D eigenvalue weighted by atomic mass is 10.1. The van der Waals surface area contributed by atoms with Crippen LogP contribution in [0.25, 0.3) is 6.08 Å². The Hall–Kier alpha value is -3.06. The molecule has 6 nitrogen and oxygen atoms in total. The number of nitrogens with one attached hydrogen (secondary N) is 1. The van der Waals surface area contributed by atoms with Crippen LogP contribution in [-0.2, 0) is 9.59 Å². The minimum absolute atomic E-state index is 0.00228. The Labute approximate surface area is 165 Å². The monoisotopic (exact) mass is 428 g/mol. The molecule has 2 aromatic carbocycles. The molecule has 1 aliphatic rings. The third kappa shape index (κ3) is 3.88. The normalized spacial score (nSPS) is 15.0. The number of para-hydroxylation sites is 1. The summed E-state index contributed by atoms with van der Waals surface area (Å²) in [5.74, 6) is -0.0343. The topological polar surface area (TPSA) is 67.9 Å². The minimum atomic E-state index is -0.488. The zero-order valence-corrected chi connectivity index (χ0v) is 16.2. The van der Waals surface area contributed by atoms with Gasteiger partial charge in [0.1, 0.15) is 12.2 Å². The molecule has 0 unspecified atom stereocenters. The summed E-state index contributed by atoms with van der Waals surface area (Å²) in [7, 11) is 1.52. The lowest BCUT2D eigenvalue weighted by molar-refractivity contribution is -0.117. The number of halogens is 1. The Morgan fingerprint density at radius 2 is 1.96 bits per heavy atom. The van der Waals surface area contributed by atoms with E-state index < -0.39 is 11.8 Å². The third-order valence-corrected chi connectivity index (χ3v) is 4.28. The number of hydrogen-bond donors (Lipinski definition) is 1. The van der Waals surface area contributed by atoms with Crippen molar-refractivity contribution in [3.8, 4) is 11.5 Å². The Morgan fingerprint density at radius 1 is 1.22 bits per heavy atom. The molecule has 0 radical (unpaired) electrons. The first-order chi connectivity index (χ1) is 13.0. The maximum atomic E-state index is 12.8. The summed E-state index contributed by atoms with van der Waals surface area (Å²) in [6.07, 6.45) is 3.09. The highest BCUT2D eigenvalue weighted by molar-refractivity contribution is 9.10. The number of benzene rings is 2. The lowest BCUT2D eigenvalue weighted by Gasteiger charge is -2.14. The molecule has 7 heteroatoms. The molecule has 1 saturated heterocycles. The quantitative estimate of drug-likeness (QED) is 0.434. The van der Waals surface area contributed by atoms with E-state index in [-0.39, 0.29) is 12.2 Å². The van der Waals surface area contributed by atoms with Gasteiger partial charge in [-0.05, 0) is 30.3 Å². The van der Waals surface area contributed by atoms with Gasteiger partial charge in [0.15, 0.2) is 11.5 Å². The molecule has 1 heterocycles. The number of hydrogen-bond acceptors (Lipinski definition) is 4. The number of ether oxygens (including phenoxy) is 2. The van der Waals surface area contributed by atoms with Gasteiger partial charge in [0.05, 0.1) is 12.8 Å². The van der Waals surface area contributed by atoms with Crippen molar-refractivity contribution >= 4 is 39.5 Å². The zero-order valence-electron chi connectivity index (χ0n) is 14.6. The van der Waals surface area contributed by atoms with E-state index in [0.29, 0.717) is 22.7 Å². The first-order valence-corrected chi connectivity index (χ1v) is 8.88. The molecule has 0 saturated carbocycles. The highest BCUT2D eigenvalue weighted by Gasteiger charge is 2.34. The molecule has 0 aliphatic carbocycles. The van der Waals surface area contributed by atoms with Gasteiger partial charge in [-0.2, -0.15) is 0 Å². The molecule has 1 aliphatic heterocycles. The molecule has 138 valence electrons. The van der Waals surface area contributed by atoms with Gasteiger partial charge in [0, 0.05) is 10.0 Å². The summed E-state index contributed by atoms with van der Waals surface area (Å²) >= 11 is 3.40. The molecule has 2 aromatic rings. The van der Waals surface area contributed by atoms with E-state index in [1.165, 1.54) is 18.2 Å². The Bertz CT molecular complexity index is 925. The number of carbonyl (C=O) groups is 2. The Morgan fingerprint density at radius 3 is 2.63 bits per heavy atom. The van der Waals surface area contributed by atoms with Crippen molar-refractivity contribution in [1.82, 2.24) is 5.43 Å². The first-order valence-electron chi connectivity index (χ1n) is 8.08. The van der Waals surface area contributed by atoms with Crippen molar-refractivity contribution in [1.29, 1.82) is 0 Å². The molecule has 0 bridgehead atoms. The predicted octanol–water partition coefficient (Wildman–Crippen LogP) is 3.48. The van der Waals surface area contributed by atoms with Gasteiger partial charge >= 0.3 is 0 Å². The maximum Gasteiger partial charge on any atom is 0.282 e. The van der Waals surface area contributed by atoms with Crippen LogP contribution in [0.1, 0.15) is 5.56 Å². The fraction of sp³-hybridized carbons (Fsp3) is 0.100. The van der Waals surface area contributed by atoms with Crippen LogP contribution in [0.2, 0.25) is 0 Å². The fourth-order valence-electron chi connectivity index (χ4n) is 2.62. The van der Waals surface area contributed by atoms with E-state index in [1.807, 2.05) is 6.07 Å². The largest absolute Gasteiger partial charge is 0.493 e. The first kappa shape index (κ1) is 18.7. The van der Waals surface area contributed by atoms with Crippen LogP contribution < -0.4 is 19.9 Å². The molecule has 1 fully saturated rings. The number of carbonyl (C=O) groups excluding carboxylic acids is 2. The van der Waals surface area contributed by atoms with Crippen LogP contribution in [0.3, 0.4) is 0 Å². The van der Waals surface area contributed by atoms with Crippen LogP contribution in [0, 0.1) is 0 Å². The van der Waals surface area contributed by atoms with Crippen LogP contribution in [0.4, 0.5) is 5.69 Å². The Kier molecular flexibility index (Phi) is 5.61. The minimum Gasteiger partial charge on any atom is -0.493 e. The third-order valence-electron chi connectivity index (χ3n) is 3.82. The van der Waals surface area contributed by atoms with E-state index in [1.54, 1.807) is 42.5 Å². The molecule has 3 rings (SSSR count). The summed E-state index contributed by atoms with van der Waals surface area (Å²) in [4.78, 5) is 25.2. The molecule has 0 aromatic heterocycles. The van der Waals surface area contributed by atoms with Gasteiger partial charge in [0.2, 0.25) is 0 Å². The van der Waals surface area contributed by atoms with Gasteiger partial charge in [-0.3, -0.25) is 15.0 Å². The van der Waals surface area contributed by atoms with Crippen LogP contribution in [0.5, 0.6) is 11.5 Å². The average molecular weight is 429 g/mol. The highest BCUT2D eigenvalue weighted by Crippen LogP contribution is 2.37. The van der Waals surface area contributed by atoms with Crippen molar-refractivity contribution in [3.05, 3.63) is 70.7 Å². The lowest BCUT2D eigenvalue weighted by Crippen LogP contribution is -2.35. The zero-order chi connectivity index (χ0) is 19.4. The summed E-state index contributed by atoms with van der Waals surface area (Å²) in [5.41, 5.74) is 3.69. The van der Waals surface area contributed by atoms with E-state index in [2.05, 4.69) is 27.9 Å². The summed E-state index contributed by atoms with van der Waals surface area (Å²) in [6, 6.07) is 12.4. The molecule has 2 amide bonds. The van der Waals surface area contributed by atoms with Gasteiger partial charge in [-0.25, -0.2) is 5.01 Å². The van der Waals surface area contributed by atoms with Crippen molar-refractivity contribution in [2.75, 3.05) is 18.7 Å². The smallest absolute Gasteiger partial charge is 0.282 e. The Balaban J connectivity index is 2.03. The standard InChI is InChI=1S/C20H17BrN2O4/c1-3-9-27-18-13(10-14(21)12-17(18)26-2)11-16-19(24)22-23(20(16)25)15-7-5-4-6-8-15/h3-8,10-12H,1,9H2,2H3,(H,22,24)/b16-11+. The van der Waals surface area contributed by atoms with Crippen LogP contribution in [0.15, 0.2) is 65.2 Å². The fourth-order valence-corrected chi connectivity index (χ4v) is 3.07. The number of hydrazine groups is 1. The van der Waals surface area contributed by atoms with Crippen molar-refractivity contribution in [2.24, 2.45) is 0 Å². The average Bonchev–Trinajstić information content (AvgIpc) is 2.95. The van der Waals surface area contributed by atoms with E-state index in [4.69, 9.17) is 9.47 Å². The number of rotatable bonds is 6. The maximum absolute atomic E-state index is 12.8. The summed E-state index contributed by atoms with van der Waals surface area (Å²) in [6.45, 7) is 3.89. The van der Waals surface area contributed by atoms with Gasteiger partial charge in [0.25, 0.3) is 11.8 Å². The van der Waals surface area contributed by atoms with E-state index in [0.717, 1.165) is 4.47 Å². The van der Waals surface area contributed by atoms with Crippen molar-refractivity contribution in [2.45, 2.75) is 0 Å². The number of methoxy groups -OCH3 is 1. The highest BCUT2D eigenvalue weighted by atomic mass is 79.9. The van der Waals surface area contributed by atoms with Gasteiger partial charge in [-0.1, -0.05) is 46.8 Å². The second-order valence-electron chi connectivity index (χ2n) is 5.60. The molecule has 27 heavy (non-hydrogen) atoms. The van der Waals surface area contributed by atoms with E-state index >= 15 is 0 Å². The summed E-state index contributed by atoms with van der Waals surface area (Å²) in [5, 5.41) is 1.22. The predicted molar refractivity (Wildman–Crippen MR) is 106 cm³/mol.